The second kappa shape index (κ2) is 10.3. The largest absolute Gasteiger partial charge is 0.385 e. The zero-order valence-corrected chi connectivity index (χ0v) is 21.2. The van der Waals surface area contributed by atoms with Crippen molar-refractivity contribution in [3.63, 3.8) is 0 Å². The summed E-state index contributed by atoms with van der Waals surface area (Å²) in [6.07, 6.45) is 3.88. The third-order valence-electron chi connectivity index (χ3n) is 6.78. The highest BCUT2D eigenvalue weighted by Crippen LogP contribution is 2.28. The van der Waals surface area contributed by atoms with E-state index in [4.69, 9.17) is 0 Å². The molecule has 0 unspecified atom stereocenters. The van der Waals surface area contributed by atoms with Crippen LogP contribution in [0.5, 0.6) is 0 Å². The van der Waals surface area contributed by atoms with E-state index in [0.717, 1.165) is 37.9 Å². The highest BCUT2D eigenvalue weighted by Gasteiger charge is 2.32. The van der Waals surface area contributed by atoms with Crippen LogP contribution in [-0.2, 0) is 10.0 Å². The first-order chi connectivity index (χ1) is 16.2. The van der Waals surface area contributed by atoms with Crippen molar-refractivity contribution in [2.45, 2.75) is 57.2 Å². The van der Waals surface area contributed by atoms with Gasteiger partial charge >= 0.3 is 0 Å². The van der Waals surface area contributed by atoms with Crippen molar-refractivity contribution < 1.29 is 8.42 Å². The van der Waals surface area contributed by atoms with Gasteiger partial charge in [-0.2, -0.15) is 0 Å². The van der Waals surface area contributed by atoms with Crippen molar-refractivity contribution in [1.29, 1.82) is 0 Å². The smallest absolute Gasteiger partial charge is 0.216 e. The zero-order chi connectivity index (χ0) is 24.2. The predicted octanol–water partition coefficient (Wildman–Crippen LogP) is 6.71. The zero-order valence-electron chi connectivity index (χ0n) is 20.4. The Morgan fingerprint density at radius 1 is 0.706 bits per heavy atom. The summed E-state index contributed by atoms with van der Waals surface area (Å²) in [5.74, 6) is 0.570. The van der Waals surface area contributed by atoms with E-state index in [1.54, 1.807) is 20.8 Å². The number of hydrogen-bond acceptors (Lipinski definition) is 3. The molecular weight excluding hydrogens is 440 g/mol. The van der Waals surface area contributed by atoms with E-state index < -0.39 is 14.8 Å². The lowest BCUT2D eigenvalue weighted by Gasteiger charge is -2.31. The molecule has 3 aromatic carbocycles. The molecule has 0 atom stereocenters. The lowest BCUT2D eigenvalue weighted by molar-refractivity contribution is 0.322. The average Bonchev–Trinajstić information content (AvgIpc) is 2.84. The van der Waals surface area contributed by atoms with Crippen molar-refractivity contribution in [2.75, 3.05) is 11.9 Å². The molecule has 2 N–H and O–H groups in total. The van der Waals surface area contributed by atoms with Crippen molar-refractivity contribution in [1.82, 2.24) is 4.72 Å². The summed E-state index contributed by atoms with van der Waals surface area (Å²) in [4.78, 5) is 0. The molecule has 0 aromatic heterocycles. The van der Waals surface area contributed by atoms with Crippen LogP contribution in [-0.4, -0.2) is 25.8 Å². The number of benzene rings is 3. The second-order valence-electron chi connectivity index (χ2n) is 10.4. The highest BCUT2D eigenvalue weighted by molar-refractivity contribution is 7.90. The number of anilines is 1. The molecule has 1 aliphatic rings. The van der Waals surface area contributed by atoms with Crippen molar-refractivity contribution in [2.24, 2.45) is 5.92 Å². The highest BCUT2D eigenvalue weighted by atomic mass is 32.2. The molecule has 1 fully saturated rings. The van der Waals surface area contributed by atoms with Crippen LogP contribution in [0.4, 0.5) is 5.69 Å². The van der Waals surface area contributed by atoms with Gasteiger partial charge < -0.3 is 5.32 Å². The molecule has 34 heavy (non-hydrogen) atoms. The summed E-state index contributed by atoms with van der Waals surface area (Å²) in [5, 5.41) is 3.57. The average molecular weight is 477 g/mol. The minimum Gasteiger partial charge on any atom is -0.385 e. The molecule has 4 nitrogen and oxygen atoms in total. The minimum absolute atomic E-state index is 0.0630. The molecule has 4 rings (SSSR count). The SMILES string of the molecule is CC(C)(C)S(=O)(=O)NC1CCC(CNc2ccc(-c3ccc(-c4ccccc4)cc3)cc2)CC1. The Labute approximate surface area is 204 Å². The van der Waals surface area contributed by atoms with Gasteiger partial charge in [0.15, 0.2) is 0 Å². The molecular formula is C29H36N2O2S. The maximum atomic E-state index is 12.4. The first kappa shape index (κ1) is 24.5. The Balaban J connectivity index is 1.26. The maximum absolute atomic E-state index is 12.4. The van der Waals surface area contributed by atoms with Crippen LogP contribution in [0, 0.1) is 5.92 Å². The van der Waals surface area contributed by atoms with Gasteiger partial charge in [-0.15, -0.1) is 0 Å². The van der Waals surface area contributed by atoms with E-state index in [1.807, 2.05) is 6.07 Å². The lowest BCUT2D eigenvalue weighted by atomic mass is 9.86. The maximum Gasteiger partial charge on any atom is 0.216 e. The first-order valence-corrected chi connectivity index (χ1v) is 13.7. The van der Waals surface area contributed by atoms with Crippen LogP contribution in [0.2, 0.25) is 0 Å². The number of sulfonamides is 1. The predicted molar refractivity (Wildman–Crippen MR) is 143 cm³/mol. The third kappa shape index (κ3) is 6.08. The minimum atomic E-state index is -3.28. The summed E-state index contributed by atoms with van der Waals surface area (Å²) in [6.45, 7) is 6.16. The summed E-state index contributed by atoms with van der Waals surface area (Å²) >= 11 is 0. The Hall–Kier alpha value is -2.63. The van der Waals surface area contributed by atoms with E-state index in [0.29, 0.717) is 5.92 Å². The molecule has 0 bridgehead atoms. The molecule has 0 spiro atoms. The van der Waals surface area contributed by atoms with Gasteiger partial charge in [0, 0.05) is 18.3 Å². The van der Waals surface area contributed by atoms with Crippen LogP contribution >= 0.6 is 0 Å². The van der Waals surface area contributed by atoms with E-state index in [2.05, 4.69) is 82.8 Å². The molecule has 0 radical (unpaired) electrons. The summed E-state index contributed by atoms with van der Waals surface area (Å²) in [5.41, 5.74) is 6.00. The molecule has 0 saturated heterocycles. The Morgan fingerprint density at radius 2 is 1.18 bits per heavy atom. The van der Waals surface area contributed by atoms with Gasteiger partial charge in [0.2, 0.25) is 10.0 Å². The van der Waals surface area contributed by atoms with Crippen molar-refractivity contribution >= 4 is 15.7 Å². The van der Waals surface area contributed by atoms with Gasteiger partial charge in [-0.3, -0.25) is 0 Å². The quantitative estimate of drug-likeness (QED) is 0.398. The molecule has 3 aromatic rings. The molecule has 0 heterocycles. The van der Waals surface area contributed by atoms with Crippen LogP contribution in [0.1, 0.15) is 46.5 Å². The van der Waals surface area contributed by atoms with E-state index in [-0.39, 0.29) is 6.04 Å². The van der Waals surface area contributed by atoms with Gasteiger partial charge in [0.05, 0.1) is 4.75 Å². The van der Waals surface area contributed by atoms with Crippen LogP contribution in [0.25, 0.3) is 22.3 Å². The Kier molecular flexibility index (Phi) is 7.44. The number of nitrogens with one attached hydrogen (secondary N) is 2. The third-order valence-corrected chi connectivity index (χ3v) is 9.04. The summed E-state index contributed by atoms with van der Waals surface area (Å²) in [7, 11) is -3.28. The Morgan fingerprint density at radius 3 is 1.68 bits per heavy atom. The van der Waals surface area contributed by atoms with Gasteiger partial charge in [0.25, 0.3) is 0 Å². The lowest BCUT2D eigenvalue weighted by Crippen LogP contribution is -2.46. The normalized spacial score (nSPS) is 19.0. The fraction of sp³-hybridized carbons (Fsp3) is 0.379. The summed E-state index contributed by atoms with van der Waals surface area (Å²) in [6, 6.07) is 27.8. The Bertz CT molecular complexity index is 1160. The van der Waals surface area contributed by atoms with E-state index in [9.17, 15) is 8.42 Å². The number of rotatable bonds is 7. The fourth-order valence-corrected chi connectivity index (χ4v) is 5.44. The van der Waals surface area contributed by atoms with Crippen molar-refractivity contribution in [3.8, 4) is 22.3 Å². The van der Waals surface area contributed by atoms with Gasteiger partial charge in [-0.05, 0) is 86.8 Å². The van der Waals surface area contributed by atoms with Gasteiger partial charge in [-0.25, -0.2) is 13.1 Å². The first-order valence-electron chi connectivity index (χ1n) is 12.2. The topological polar surface area (TPSA) is 58.2 Å². The molecule has 1 saturated carbocycles. The van der Waals surface area contributed by atoms with Crippen LogP contribution in [0.3, 0.4) is 0 Å². The molecule has 0 aliphatic heterocycles. The van der Waals surface area contributed by atoms with Crippen LogP contribution < -0.4 is 10.0 Å². The second-order valence-corrected chi connectivity index (χ2v) is 12.8. The monoisotopic (exact) mass is 476 g/mol. The van der Waals surface area contributed by atoms with E-state index >= 15 is 0 Å². The standard InChI is InChI=1S/C29H36N2O2S/c1-29(2,3)34(32,33)31-28-17-9-22(10-18-28)21-30-27-19-15-26(16-20-27)25-13-11-24(12-14-25)23-7-5-4-6-8-23/h4-8,11-16,19-20,22,28,30-31H,9-10,17-18,21H2,1-3H3. The summed E-state index contributed by atoms with van der Waals surface area (Å²) < 4.78 is 27.0. The van der Waals surface area contributed by atoms with Gasteiger partial charge in [-0.1, -0.05) is 66.7 Å². The molecule has 1 aliphatic carbocycles. The van der Waals surface area contributed by atoms with Gasteiger partial charge in [0.1, 0.15) is 0 Å². The van der Waals surface area contributed by atoms with E-state index in [1.165, 1.54) is 22.3 Å². The van der Waals surface area contributed by atoms with Crippen LogP contribution in [0.15, 0.2) is 78.9 Å². The molecule has 0 amide bonds. The number of hydrogen-bond donors (Lipinski definition) is 2. The fourth-order valence-electron chi connectivity index (χ4n) is 4.41. The molecule has 180 valence electrons. The van der Waals surface area contributed by atoms with Crippen molar-refractivity contribution in [3.05, 3.63) is 78.9 Å². The molecule has 5 heteroatoms.